The van der Waals surface area contributed by atoms with E-state index in [0.29, 0.717) is 44.8 Å². The number of carbonyl (C=O) groups excluding carboxylic acids is 3. The lowest BCUT2D eigenvalue weighted by Crippen LogP contribution is -2.46. The SMILES string of the molecule is CC(C)C(=O)N1CCN(C(=O)c2cccn2C)C[C@@]2(CC(=O)N(C)C2)C1. The van der Waals surface area contributed by atoms with Crippen LogP contribution in [0.1, 0.15) is 30.8 Å². The normalized spacial score (nSPS) is 23.9. The van der Waals surface area contributed by atoms with Gasteiger partial charge in [0.05, 0.1) is 0 Å². The largest absolute Gasteiger partial charge is 0.347 e. The fourth-order valence-electron chi connectivity index (χ4n) is 4.15. The third-order valence-corrected chi connectivity index (χ3v) is 5.47. The van der Waals surface area contributed by atoms with Gasteiger partial charge in [0.1, 0.15) is 5.69 Å². The highest BCUT2D eigenvalue weighted by Gasteiger charge is 2.47. The summed E-state index contributed by atoms with van der Waals surface area (Å²) in [5.74, 6) is 0.0180. The minimum atomic E-state index is -0.395. The van der Waals surface area contributed by atoms with Gasteiger partial charge in [-0.2, -0.15) is 0 Å². The molecule has 3 amide bonds. The van der Waals surface area contributed by atoms with Crippen molar-refractivity contribution < 1.29 is 14.4 Å². The molecule has 142 valence electrons. The van der Waals surface area contributed by atoms with E-state index in [-0.39, 0.29) is 23.6 Å². The molecular formula is C19H28N4O3. The van der Waals surface area contributed by atoms with Gasteiger partial charge in [-0.15, -0.1) is 0 Å². The number of hydrogen-bond donors (Lipinski definition) is 0. The first kappa shape index (κ1) is 18.5. The summed E-state index contributed by atoms with van der Waals surface area (Å²) in [6.45, 7) is 6.36. The van der Waals surface area contributed by atoms with Crippen molar-refractivity contribution in [2.75, 3.05) is 39.8 Å². The quantitative estimate of drug-likeness (QED) is 0.784. The van der Waals surface area contributed by atoms with Gasteiger partial charge in [0.25, 0.3) is 5.91 Å². The molecule has 0 aliphatic carbocycles. The smallest absolute Gasteiger partial charge is 0.270 e. The van der Waals surface area contributed by atoms with E-state index < -0.39 is 5.41 Å². The molecule has 0 unspecified atom stereocenters. The maximum atomic E-state index is 13.1. The van der Waals surface area contributed by atoms with Gasteiger partial charge in [0.15, 0.2) is 0 Å². The van der Waals surface area contributed by atoms with Crippen molar-refractivity contribution in [1.82, 2.24) is 19.3 Å². The van der Waals surface area contributed by atoms with Gasteiger partial charge in [0, 0.05) is 70.8 Å². The predicted molar refractivity (Wildman–Crippen MR) is 97.4 cm³/mol. The Balaban J connectivity index is 1.90. The van der Waals surface area contributed by atoms with Crippen LogP contribution in [-0.4, -0.2) is 76.8 Å². The number of nitrogens with zero attached hydrogens (tertiary/aromatic N) is 4. The van der Waals surface area contributed by atoms with Gasteiger partial charge in [-0.05, 0) is 12.1 Å². The molecule has 1 atom stereocenters. The molecule has 3 heterocycles. The molecule has 1 spiro atoms. The molecule has 2 fully saturated rings. The molecule has 2 aliphatic heterocycles. The van der Waals surface area contributed by atoms with E-state index in [9.17, 15) is 14.4 Å². The Morgan fingerprint density at radius 2 is 1.73 bits per heavy atom. The molecule has 26 heavy (non-hydrogen) atoms. The summed E-state index contributed by atoms with van der Waals surface area (Å²) in [6, 6.07) is 3.66. The van der Waals surface area contributed by atoms with E-state index >= 15 is 0 Å². The highest BCUT2D eigenvalue weighted by Crippen LogP contribution is 2.35. The topological polar surface area (TPSA) is 65.9 Å². The second-order valence-corrected chi connectivity index (χ2v) is 8.07. The molecule has 0 aromatic carbocycles. The summed E-state index contributed by atoms with van der Waals surface area (Å²) in [5.41, 5.74) is 0.231. The molecule has 7 heteroatoms. The van der Waals surface area contributed by atoms with E-state index in [4.69, 9.17) is 0 Å². The number of aryl methyl sites for hydroxylation is 1. The summed E-state index contributed by atoms with van der Waals surface area (Å²) >= 11 is 0. The third kappa shape index (κ3) is 3.34. The van der Waals surface area contributed by atoms with E-state index in [0.717, 1.165) is 0 Å². The molecule has 2 aliphatic rings. The van der Waals surface area contributed by atoms with Crippen LogP contribution in [0, 0.1) is 11.3 Å². The molecule has 0 N–H and O–H groups in total. The number of rotatable bonds is 2. The monoisotopic (exact) mass is 360 g/mol. The zero-order valence-electron chi connectivity index (χ0n) is 16.1. The Hall–Kier alpha value is -2.31. The average molecular weight is 360 g/mol. The first-order valence-corrected chi connectivity index (χ1v) is 9.16. The lowest BCUT2D eigenvalue weighted by Gasteiger charge is -2.33. The van der Waals surface area contributed by atoms with Gasteiger partial charge in [-0.25, -0.2) is 0 Å². The Kier molecular flexibility index (Phi) is 4.82. The van der Waals surface area contributed by atoms with Crippen molar-refractivity contribution in [3.63, 3.8) is 0 Å². The second kappa shape index (κ2) is 6.78. The number of aromatic nitrogens is 1. The van der Waals surface area contributed by atoms with Crippen LogP contribution in [-0.2, 0) is 16.6 Å². The van der Waals surface area contributed by atoms with Gasteiger partial charge in [-0.1, -0.05) is 13.8 Å². The first-order valence-electron chi connectivity index (χ1n) is 9.16. The fraction of sp³-hybridized carbons (Fsp3) is 0.632. The zero-order valence-corrected chi connectivity index (χ0v) is 16.1. The lowest BCUT2D eigenvalue weighted by atomic mass is 9.85. The van der Waals surface area contributed by atoms with Gasteiger partial charge in [0.2, 0.25) is 11.8 Å². The Labute approximate surface area is 154 Å². The molecule has 1 aromatic heterocycles. The van der Waals surface area contributed by atoms with Crippen molar-refractivity contribution >= 4 is 17.7 Å². The number of likely N-dealkylation sites (tertiary alicyclic amines) is 1. The zero-order chi connectivity index (χ0) is 19.1. The molecule has 0 radical (unpaired) electrons. The van der Waals surface area contributed by atoms with Crippen LogP contribution in [0.3, 0.4) is 0 Å². The van der Waals surface area contributed by atoms with E-state index in [1.807, 2.05) is 53.6 Å². The summed E-state index contributed by atoms with van der Waals surface area (Å²) in [4.78, 5) is 43.3. The summed E-state index contributed by atoms with van der Waals surface area (Å²) in [7, 11) is 3.64. The number of amides is 3. The van der Waals surface area contributed by atoms with Crippen molar-refractivity contribution in [3.05, 3.63) is 24.0 Å². The van der Waals surface area contributed by atoms with E-state index in [1.165, 1.54) is 0 Å². The molecule has 3 rings (SSSR count). The molecule has 2 saturated heterocycles. The summed E-state index contributed by atoms with van der Waals surface area (Å²) in [6.07, 6.45) is 2.23. The van der Waals surface area contributed by atoms with Gasteiger partial charge in [-0.3, -0.25) is 14.4 Å². The second-order valence-electron chi connectivity index (χ2n) is 8.07. The van der Waals surface area contributed by atoms with Crippen LogP contribution >= 0.6 is 0 Å². The maximum absolute atomic E-state index is 13.1. The van der Waals surface area contributed by atoms with Crippen LogP contribution in [0.5, 0.6) is 0 Å². The minimum Gasteiger partial charge on any atom is -0.347 e. The van der Waals surface area contributed by atoms with E-state index in [2.05, 4.69) is 0 Å². The van der Waals surface area contributed by atoms with Crippen molar-refractivity contribution in [1.29, 1.82) is 0 Å². The number of carbonyl (C=O) groups is 3. The van der Waals surface area contributed by atoms with Crippen LogP contribution < -0.4 is 0 Å². The highest BCUT2D eigenvalue weighted by molar-refractivity contribution is 5.93. The summed E-state index contributed by atoms with van der Waals surface area (Å²) < 4.78 is 1.81. The van der Waals surface area contributed by atoms with E-state index in [1.54, 1.807) is 11.9 Å². The standard InChI is InChI=1S/C19H28N4O3/c1-14(2)17(25)22-8-9-23(18(26)15-6-5-7-20(15)3)13-19(12-22)10-16(24)21(4)11-19/h5-7,14H,8-13H2,1-4H3/t19-/m1/s1. The predicted octanol–water partition coefficient (Wildman–Crippen LogP) is 0.814. The molecular weight excluding hydrogens is 332 g/mol. The molecule has 1 aromatic rings. The summed E-state index contributed by atoms with van der Waals surface area (Å²) in [5, 5.41) is 0. The first-order chi connectivity index (χ1) is 12.2. The average Bonchev–Trinajstić information content (AvgIpc) is 3.05. The maximum Gasteiger partial charge on any atom is 0.270 e. The van der Waals surface area contributed by atoms with Crippen molar-refractivity contribution in [2.45, 2.75) is 20.3 Å². The van der Waals surface area contributed by atoms with Crippen LogP contribution in [0.15, 0.2) is 18.3 Å². The molecule has 7 nitrogen and oxygen atoms in total. The third-order valence-electron chi connectivity index (χ3n) is 5.47. The molecule has 0 bridgehead atoms. The number of hydrogen-bond acceptors (Lipinski definition) is 3. The minimum absolute atomic E-state index is 0.0438. The lowest BCUT2D eigenvalue weighted by molar-refractivity contribution is -0.135. The Bertz CT molecular complexity index is 726. The van der Waals surface area contributed by atoms with Crippen LogP contribution in [0.25, 0.3) is 0 Å². The van der Waals surface area contributed by atoms with Gasteiger partial charge < -0.3 is 19.3 Å². The highest BCUT2D eigenvalue weighted by atomic mass is 16.2. The van der Waals surface area contributed by atoms with Crippen molar-refractivity contribution in [3.8, 4) is 0 Å². The van der Waals surface area contributed by atoms with Crippen molar-refractivity contribution in [2.24, 2.45) is 18.4 Å². The Morgan fingerprint density at radius 3 is 2.27 bits per heavy atom. The fourth-order valence-corrected chi connectivity index (χ4v) is 4.15. The van der Waals surface area contributed by atoms with Crippen LogP contribution in [0.2, 0.25) is 0 Å². The molecule has 0 saturated carbocycles. The Morgan fingerprint density at radius 1 is 1.08 bits per heavy atom. The van der Waals surface area contributed by atoms with Crippen LogP contribution in [0.4, 0.5) is 0 Å². The van der Waals surface area contributed by atoms with Gasteiger partial charge >= 0.3 is 0 Å².